The molecule has 0 aliphatic heterocycles. The molecule has 3 N–H and O–H groups in total. The van der Waals surface area contributed by atoms with Crippen LogP contribution in [-0.2, 0) is 11.4 Å². The number of carbonyl (C=O) groups excluding carboxylic acids is 1. The maximum Gasteiger partial charge on any atom is 0.337 e. The normalized spacial score (nSPS) is 12.9. The Kier molecular flexibility index (Phi) is 5.77. The third-order valence-electron chi connectivity index (χ3n) is 3.83. The second kappa shape index (κ2) is 7.81. The summed E-state index contributed by atoms with van der Waals surface area (Å²) in [4.78, 5) is 23.2. The molecular weight excluding hydrogens is 322 g/mol. The highest BCUT2D eigenvalue weighted by Crippen LogP contribution is 2.20. The first-order chi connectivity index (χ1) is 11.8. The monoisotopic (exact) mass is 343 g/mol. The van der Waals surface area contributed by atoms with Crippen molar-refractivity contribution in [1.82, 2.24) is 5.32 Å². The van der Waals surface area contributed by atoms with Crippen LogP contribution >= 0.6 is 0 Å². The standard InChI is InChI=1S/C19H21NO5/c1-13-7-3-4-8-14(13)11-25-16-10-6-5-9-15(16)17(21)20-12-19(2,24)18(22)23/h3-10,24H,11-12H2,1-2H3,(H,20,21)(H,22,23). The molecule has 0 fully saturated rings. The predicted molar refractivity (Wildman–Crippen MR) is 92.5 cm³/mol. The van der Waals surface area contributed by atoms with Gasteiger partial charge in [-0.05, 0) is 37.1 Å². The van der Waals surface area contributed by atoms with Gasteiger partial charge in [0.15, 0.2) is 5.60 Å². The number of nitrogens with one attached hydrogen (secondary N) is 1. The van der Waals surface area contributed by atoms with E-state index in [2.05, 4.69) is 5.32 Å². The summed E-state index contributed by atoms with van der Waals surface area (Å²) in [6.07, 6.45) is 0. The van der Waals surface area contributed by atoms with Crippen molar-refractivity contribution in [2.45, 2.75) is 26.1 Å². The molecule has 2 aromatic carbocycles. The minimum atomic E-state index is -2.04. The van der Waals surface area contributed by atoms with Crippen LogP contribution in [0.2, 0.25) is 0 Å². The minimum absolute atomic E-state index is 0.275. The summed E-state index contributed by atoms with van der Waals surface area (Å²) >= 11 is 0. The van der Waals surface area contributed by atoms with Crippen LogP contribution in [0.4, 0.5) is 0 Å². The van der Waals surface area contributed by atoms with Gasteiger partial charge in [-0.25, -0.2) is 4.79 Å². The van der Waals surface area contributed by atoms with Gasteiger partial charge in [-0.1, -0.05) is 36.4 Å². The number of carbonyl (C=O) groups is 2. The maximum absolute atomic E-state index is 12.3. The van der Waals surface area contributed by atoms with Gasteiger partial charge in [0.25, 0.3) is 5.91 Å². The molecule has 25 heavy (non-hydrogen) atoms. The average Bonchev–Trinajstić information content (AvgIpc) is 2.59. The van der Waals surface area contributed by atoms with Crippen molar-refractivity contribution < 1.29 is 24.5 Å². The lowest BCUT2D eigenvalue weighted by Crippen LogP contribution is -2.46. The second-order valence-electron chi connectivity index (χ2n) is 5.97. The van der Waals surface area contributed by atoms with E-state index in [1.54, 1.807) is 24.3 Å². The predicted octanol–water partition coefficient (Wildman–Crippen LogP) is 2.14. The molecule has 0 saturated heterocycles. The van der Waals surface area contributed by atoms with E-state index in [1.807, 2.05) is 31.2 Å². The van der Waals surface area contributed by atoms with Gasteiger partial charge in [0.2, 0.25) is 0 Å². The molecule has 0 aliphatic carbocycles. The number of benzene rings is 2. The molecule has 0 spiro atoms. The molecule has 0 saturated carbocycles. The van der Waals surface area contributed by atoms with E-state index < -0.39 is 24.0 Å². The lowest BCUT2D eigenvalue weighted by Gasteiger charge is -2.19. The number of aliphatic hydroxyl groups is 1. The van der Waals surface area contributed by atoms with Gasteiger partial charge in [0.05, 0.1) is 12.1 Å². The fourth-order valence-electron chi connectivity index (χ4n) is 2.13. The summed E-state index contributed by atoms with van der Waals surface area (Å²) in [5.41, 5.74) is 0.331. The smallest absolute Gasteiger partial charge is 0.337 e. The molecule has 132 valence electrons. The molecule has 2 aromatic rings. The first kappa shape index (κ1) is 18.5. The quantitative estimate of drug-likeness (QED) is 0.716. The largest absolute Gasteiger partial charge is 0.488 e. The van der Waals surface area contributed by atoms with Crippen molar-refractivity contribution in [2.24, 2.45) is 0 Å². The van der Waals surface area contributed by atoms with Crippen molar-refractivity contribution in [3.05, 3.63) is 65.2 Å². The minimum Gasteiger partial charge on any atom is -0.488 e. The number of carboxylic acid groups (broad SMARTS) is 1. The molecule has 0 radical (unpaired) electrons. The Morgan fingerprint density at radius 3 is 2.44 bits per heavy atom. The van der Waals surface area contributed by atoms with E-state index in [0.717, 1.165) is 18.1 Å². The molecule has 0 heterocycles. The first-order valence-corrected chi connectivity index (χ1v) is 7.81. The summed E-state index contributed by atoms with van der Waals surface area (Å²) in [5, 5.41) is 21.0. The highest BCUT2D eigenvalue weighted by atomic mass is 16.5. The van der Waals surface area contributed by atoms with Gasteiger partial charge in [-0.15, -0.1) is 0 Å². The second-order valence-corrected chi connectivity index (χ2v) is 5.97. The van der Waals surface area contributed by atoms with Crippen molar-refractivity contribution in [3.63, 3.8) is 0 Å². The topological polar surface area (TPSA) is 95.9 Å². The molecule has 1 amide bonds. The van der Waals surface area contributed by atoms with E-state index >= 15 is 0 Å². The van der Waals surface area contributed by atoms with Crippen LogP contribution in [0, 0.1) is 6.92 Å². The number of carboxylic acids is 1. The molecule has 0 aliphatic rings. The third-order valence-corrected chi connectivity index (χ3v) is 3.83. The fraction of sp³-hybridized carbons (Fsp3) is 0.263. The van der Waals surface area contributed by atoms with E-state index in [1.165, 1.54) is 0 Å². The van der Waals surface area contributed by atoms with E-state index in [-0.39, 0.29) is 5.56 Å². The van der Waals surface area contributed by atoms with Crippen LogP contribution in [0.3, 0.4) is 0 Å². The van der Waals surface area contributed by atoms with Gasteiger partial charge in [0.1, 0.15) is 12.4 Å². The molecule has 6 nitrogen and oxygen atoms in total. The molecule has 6 heteroatoms. The Morgan fingerprint density at radius 1 is 1.12 bits per heavy atom. The number of amides is 1. The van der Waals surface area contributed by atoms with Crippen LogP contribution in [0.1, 0.15) is 28.4 Å². The number of hydrogen-bond donors (Lipinski definition) is 3. The lowest BCUT2D eigenvalue weighted by molar-refractivity contribution is -0.155. The Bertz CT molecular complexity index is 770. The van der Waals surface area contributed by atoms with E-state index in [0.29, 0.717) is 12.4 Å². The Balaban J connectivity index is 2.08. The summed E-state index contributed by atoms with van der Waals surface area (Å²) in [5.74, 6) is -1.53. The third kappa shape index (κ3) is 4.81. The molecule has 1 atom stereocenters. The highest BCUT2D eigenvalue weighted by Gasteiger charge is 2.30. The number of para-hydroxylation sites is 1. The van der Waals surface area contributed by atoms with Gasteiger partial charge in [-0.2, -0.15) is 0 Å². The number of aliphatic carboxylic acids is 1. The van der Waals surface area contributed by atoms with Crippen molar-refractivity contribution >= 4 is 11.9 Å². The van der Waals surface area contributed by atoms with Gasteiger partial charge >= 0.3 is 5.97 Å². The molecule has 2 rings (SSSR count). The van der Waals surface area contributed by atoms with Crippen LogP contribution in [0.15, 0.2) is 48.5 Å². The zero-order valence-corrected chi connectivity index (χ0v) is 14.2. The summed E-state index contributed by atoms with van der Waals surface area (Å²) in [6.45, 7) is 3.00. The molecule has 0 aromatic heterocycles. The van der Waals surface area contributed by atoms with Crippen LogP contribution in [-0.4, -0.2) is 34.2 Å². The fourth-order valence-corrected chi connectivity index (χ4v) is 2.13. The zero-order valence-electron chi connectivity index (χ0n) is 14.2. The number of rotatable bonds is 7. The van der Waals surface area contributed by atoms with Crippen LogP contribution in [0.5, 0.6) is 5.75 Å². The molecular formula is C19H21NO5. The van der Waals surface area contributed by atoms with Crippen molar-refractivity contribution in [1.29, 1.82) is 0 Å². The van der Waals surface area contributed by atoms with E-state index in [4.69, 9.17) is 9.84 Å². The molecule has 1 unspecified atom stereocenters. The number of aryl methyl sites for hydroxylation is 1. The average molecular weight is 343 g/mol. The lowest BCUT2D eigenvalue weighted by atomic mass is 10.1. The zero-order chi connectivity index (χ0) is 18.4. The summed E-state index contributed by atoms with van der Waals surface area (Å²) < 4.78 is 5.76. The van der Waals surface area contributed by atoms with Crippen LogP contribution in [0.25, 0.3) is 0 Å². The maximum atomic E-state index is 12.3. The van der Waals surface area contributed by atoms with Crippen LogP contribution < -0.4 is 10.1 Å². The van der Waals surface area contributed by atoms with Gasteiger partial charge < -0.3 is 20.3 Å². The summed E-state index contributed by atoms with van der Waals surface area (Å²) in [6, 6.07) is 14.5. The van der Waals surface area contributed by atoms with Crippen molar-refractivity contribution in [3.8, 4) is 5.75 Å². The number of hydrogen-bond acceptors (Lipinski definition) is 4. The Morgan fingerprint density at radius 2 is 1.76 bits per heavy atom. The van der Waals surface area contributed by atoms with Gasteiger partial charge in [-0.3, -0.25) is 4.79 Å². The highest BCUT2D eigenvalue weighted by molar-refractivity contribution is 5.97. The number of ether oxygens (including phenoxy) is 1. The van der Waals surface area contributed by atoms with Crippen molar-refractivity contribution in [2.75, 3.05) is 6.54 Å². The Labute approximate surface area is 146 Å². The molecule has 0 bridgehead atoms. The van der Waals surface area contributed by atoms with Gasteiger partial charge in [0, 0.05) is 0 Å². The first-order valence-electron chi connectivity index (χ1n) is 7.81. The SMILES string of the molecule is Cc1ccccc1COc1ccccc1C(=O)NCC(C)(O)C(=O)O. The summed E-state index contributed by atoms with van der Waals surface area (Å²) in [7, 11) is 0. The Hall–Kier alpha value is -2.86. The van der Waals surface area contributed by atoms with E-state index in [9.17, 15) is 14.7 Å².